The number of ether oxygens (including phenoxy) is 1. The zero-order valence-electron chi connectivity index (χ0n) is 9.32. The first kappa shape index (κ1) is 13.4. The van der Waals surface area contributed by atoms with Crippen LogP contribution in [-0.2, 0) is 4.79 Å². The number of hydrogen-bond donors (Lipinski definition) is 0. The van der Waals surface area contributed by atoms with E-state index in [1.165, 1.54) is 12.3 Å². The molecule has 0 aromatic carbocycles. The molecule has 0 aliphatic rings. The van der Waals surface area contributed by atoms with E-state index in [0.717, 1.165) is 6.20 Å². The van der Waals surface area contributed by atoms with Gasteiger partial charge in [-0.15, -0.1) is 0 Å². The first-order valence-electron chi connectivity index (χ1n) is 4.89. The summed E-state index contributed by atoms with van der Waals surface area (Å²) in [7, 11) is 0. The van der Waals surface area contributed by atoms with Gasteiger partial charge in [-0.25, -0.2) is 4.79 Å². The molecule has 4 nitrogen and oxygen atoms in total. The van der Waals surface area contributed by atoms with Crippen molar-refractivity contribution >= 4 is 5.97 Å². The summed E-state index contributed by atoms with van der Waals surface area (Å²) in [5.41, 5.74) is 0. The van der Waals surface area contributed by atoms with Gasteiger partial charge in [0.25, 0.3) is 0 Å². The van der Waals surface area contributed by atoms with Gasteiger partial charge in [-0.3, -0.25) is 0 Å². The first-order chi connectivity index (χ1) is 7.79. The molecular formula is C10H12F3NO3. The Morgan fingerprint density at radius 1 is 1.47 bits per heavy atom. The van der Waals surface area contributed by atoms with Gasteiger partial charge in [0.2, 0.25) is 0 Å². The summed E-state index contributed by atoms with van der Waals surface area (Å²) in [4.78, 5) is 14.5. The predicted molar refractivity (Wildman–Crippen MR) is 52.4 cm³/mol. The molecule has 96 valence electrons. The summed E-state index contributed by atoms with van der Waals surface area (Å²) in [5.74, 6) is -1.65. The summed E-state index contributed by atoms with van der Waals surface area (Å²) in [6.45, 7) is 4.29. The zero-order chi connectivity index (χ0) is 13.1. The lowest BCUT2D eigenvalue weighted by Gasteiger charge is -2.07. The quantitative estimate of drug-likeness (QED) is 0.822. The smallest absolute Gasteiger partial charge is 0.492 e. The maximum Gasteiger partial charge on any atom is 0.493 e. The van der Waals surface area contributed by atoms with Gasteiger partial charge in [-0.2, -0.15) is 17.9 Å². The van der Waals surface area contributed by atoms with Crippen LogP contribution in [0.3, 0.4) is 0 Å². The van der Waals surface area contributed by atoms with Crippen LogP contribution in [0.2, 0.25) is 0 Å². The number of nitrogens with zero attached hydrogens (tertiary/aromatic N) is 1. The molecular weight excluding hydrogens is 239 g/mol. The Balaban J connectivity index is 2.54. The van der Waals surface area contributed by atoms with Crippen molar-refractivity contribution in [1.29, 1.82) is 0 Å². The molecule has 17 heavy (non-hydrogen) atoms. The lowest BCUT2D eigenvalue weighted by atomic mass is 10.2. The molecule has 0 aliphatic heterocycles. The largest absolute Gasteiger partial charge is 0.493 e. The number of carbonyl (C=O) groups excluding carboxylic acids is 1. The fourth-order valence-electron chi connectivity index (χ4n) is 0.911. The number of alkyl halides is 3. The van der Waals surface area contributed by atoms with Gasteiger partial charge in [0.05, 0.1) is 12.8 Å². The maximum absolute atomic E-state index is 11.9. The van der Waals surface area contributed by atoms with Crippen LogP contribution >= 0.6 is 0 Å². The van der Waals surface area contributed by atoms with E-state index in [-0.39, 0.29) is 5.92 Å². The van der Waals surface area contributed by atoms with Crippen molar-refractivity contribution < 1.29 is 27.5 Å². The summed E-state index contributed by atoms with van der Waals surface area (Å²) in [5, 5.41) is 0. The third-order valence-electron chi connectivity index (χ3n) is 1.64. The Labute approximate surface area is 95.9 Å². The number of halogens is 3. The van der Waals surface area contributed by atoms with Crippen LogP contribution in [-0.4, -0.2) is 23.5 Å². The van der Waals surface area contributed by atoms with Crippen LogP contribution in [0.5, 0.6) is 5.75 Å². The lowest BCUT2D eigenvalue weighted by molar-refractivity contribution is -0.199. The fourth-order valence-corrected chi connectivity index (χ4v) is 0.911. The van der Waals surface area contributed by atoms with E-state index < -0.39 is 12.1 Å². The van der Waals surface area contributed by atoms with Gasteiger partial charge >= 0.3 is 12.1 Å². The normalized spacial score (nSPS) is 11.6. The van der Waals surface area contributed by atoms with Crippen molar-refractivity contribution in [3.05, 3.63) is 18.5 Å². The summed E-state index contributed by atoms with van der Waals surface area (Å²) in [6.07, 6.45) is -2.69. The SMILES string of the molecule is CC(C)COc1ccn(OC(=O)C(F)(F)F)c1. The molecule has 1 rings (SSSR count). The van der Waals surface area contributed by atoms with Crippen LogP contribution in [0.1, 0.15) is 13.8 Å². The lowest BCUT2D eigenvalue weighted by Crippen LogP contribution is -2.32. The minimum absolute atomic E-state index is 0.288. The number of hydrogen-bond acceptors (Lipinski definition) is 3. The highest BCUT2D eigenvalue weighted by atomic mass is 19.4. The second-order valence-electron chi connectivity index (χ2n) is 3.79. The second kappa shape index (κ2) is 5.11. The second-order valence-corrected chi connectivity index (χ2v) is 3.79. The van der Waals surface area contributed by atoms with Crippen LogP contribution in [0.4, 0.5) is 13.2 Å². The van der Waals surface area contributed by atoms with Crippen molar-refractivity contribution in [3.63, 3.8) is 0 Å². The molecule has 1 heterocycles. The van der Waals surface area contributed by atoms with Gasteiger partial charge in [0, 0.05) is 12.3 Å². The molecule has 0 atom stereocenters. The van der Waals surface area contributed by atoms with Gasteiger partial charge in [-0.1, -0.05) is 13.8 Å². The van der Waals surface area contributed by atoms with E-state index >= 15 is 0 Å². The Morgan fingerprint density at radius 3 is 2.65 bits per heavy atom. The molecule has 1 aromatic rings. The molecule has 0 spiro atoms. The Bertz CT molecular complexity index is 384. The zero-order valence-corrected chi connectivity index (χ0v) is 9.32. The molecule has 0 fully saturated rings. The minimum atomic E-state index is -5.01. The van der Waals surface area contributed by atoms with Crippen molar-refractivity contribution in [2.75, 3.05) is 6.61 Å². The molecule has 0 saturated heterocycles. The average Bonchev–Trinajstić information content (AvgIpc) is 2.61. The minimum Gasteiger partial charge on any atom is -0.492 e. The van der Waals surface area contributed by atoms with Crippen LogP contribution in [0.15, 0.2) is 18.5 Å². The van der Waals surface area contributed by atoms with Crippen LogP contribution in [0, 0.1) is 5.92 Å². The van der Waals surface area contributed by atoms with Gasteiger partial charge < -0.3 is 9.57 Å². The van der Waals surface area contributed by atoms with Crippen molar-refractivity contribution in [1.82, 2.24) is 4.73 Å². The van der Waals surface area contributed by atoms with E-state index in [4.69, 9.17) is 4.74 Å². The van der Waals surface area contributed by atoms with Gasteiger partial charge in [-0.05, 0) is 5.92 Å². The summed E-state index contributed by atoms with van der Waals surface area (Å²) in [6, 6.07) is 1.41. The van der Waals surface area contributed by atoms with E-state index in [0.29, 0.717) is 17.1 Å². The number of rotatable bonds is 4. The maximum atomic E-state index is 11.9. The highest BCUT2D eigenvalue weighted by molar-refractivity contribution is 5.75. The van der Waals surface area contributed by atoms with E-state index in [1.807, 2.05) is 13.8 Å². The van der Waals surface area contributed by atoms with E-state index in [9.17, 15) is 18.0 Å². The molecule has 0 aliphatic carbocycles. The first-order valence-corrected chi connectivity index (χ1v) is 4.89. The summed E-state index contributed by atoms with van der Waals surface area (Å²) < 4.78 is 41.5. The Morgan fingerprint density at radius 2 is 2.12 bits per heavy atom. The molecule has 0 bridgehead atoms. The Hall–Kier alpha value is -1.66. The topological polar surface area (TPSA) is 40.5 Å². The van der Waals surface area contributed by atoms with Crippen LogP contribution in [0.25, 0.3) is 0 Å². The third kappa shape index (κ3) is 4.38. The number of aromatic nitrogens is 1. The van der Waals surface area contributed by atoms with Crippen molar-refractivity contribution in [3.8, 4) is 5.75 Å². The molecule has 0 radical (unpaired) electrons. The fraction of sp³-hybridized carbons (Fsp3) is 0.500. The highest BCUT2D eigenvalue weighted by Crippen LogP contribution is 2.16. The molecule has 0 amide bonds. The average molecular weight is 251 g/mol. The van der Waals surface area contributed by atoms with Gasteiger partial charge in [0.1, 0.15) is 5.75 Å². The van der Waals surface area contributed by atoms with Gasteiger partial charge in [0.15, 0.2) is 0 Å². The molecule has 0 saturated carbocycles. The van der Waals surface area contributed by atoms with Crippen LogP contribution < -0.4 is 9.57 Å². The monoisotopic (exact) mass is 251 g/mol. The van der Waals surface area contributed by atoms with Crippen molar-refractivity contribution in [2.45, 2.75) is 20.0 Å². The Kier molecular flexibility index (Phi) is 4.03. The standard InChI is InChI=1S/C10H12F3NO3/c1-7(2)6-16-8-3-4-14(5-8)17-9(15)10(11,12)13/h3-5,7H,6H2,1-2H3. The molecule has 1 aromatic heterocycles. The van der Waals surface area contributed by atoms with E-state index in [1.54, 1.807) is 0 Å². The van der Waals surface area contributed by atoms with E-state index in [2.05, 4.69) is 4.84 Å². The summed E-state index contributed by atoms with van der Waals surface area (Å²) >= 11 is 0. The third-order valence-corrected chi connectivity index (χ3v) is 1.64. The predicted octanol–water partition coefficient (Wildman–Crippen LogP) is 2.04. The highest BCUT2D eigenvalue weighted by Gasteiger charge is 2.42. The van der Waals surface area contributed by atoms with Crippen molar-refractivity contribution in [2.24, 2.45) is 5.92 Å². The molecule has 0 unspecified atom stereocenters. The molecule has 7 heteroatoms. The number of carbonyl (C=O) groups is 1. The molecule has 0 N–H and O–H groups in total.